The van der Waals surface area contributed by atoms with E-state index in [1.807, 2.05) is 36.4 Å². The number of nitrogen functional groups attached to an aromatic ring is 1. The van der Waals surface area contributed by atoms with E-state index in [0.717, 1.165) is 11.6 Å². The molecule has 4 aromatic rings. The van der Waals surface area contributed by atoms with E-state index in [-0.39, 0.29) is 11.5 Å². The molecular weight excluding hydrogens is 404 g/mol. The van der Waals surface area contributed by atoms with Gasteiger partial charge in [0.05, 0.1) is 0 Å². The monoisotopic (exact) mass is 424 g/mol. The van der Waals surface area contributed by atoms with Gasteiger partial charge in [-0.05, 0) is 39.6 Å². The van der Waals surface area contributed by atoms with Crippen LogP contribution in [0.2, 0.25) is 5.02 Å². The lowest BCUT2D eigenvalue weighted by molar-refractivity contribution is 0.0944. The third kappa shape index (κ3) is 4.45. The van der Waals surface area contributed by atoms with Crippen molar-refractivity contribution in [2.45, 2.75) is 13.1 Å². The Morgan fingerprint density at radius 2 is 1.90 bits per heavy atom. The van der Waals surface area contributed by atoms with Gasteiger partial charge in [-0.3, -0.25) is 4.79 Å². The second-order valence-electron chi connectivity index (χ2n) is 6.86. The first-order chi connectivity index (χ1) is 14.6. The fourth-order valence-electron chi connectivity index (χ4n) is 3.31. The van der Waals surface area contributed by atoms with Crippen LogP contribution in [0.1, 0.15) is 21.6 Å². The zero-order valence-electron chi connectivity index (χ0n) is 16.1. The van der Waals surface area contributed by atoms with Crippen molar-refractivity contribution in [1.82, 2.24) is 25.5 Å². The summed E-state index contributed by atoms with van der Waals surface area (Å²) in [6.07, 6.45) is 2.16. The first kappa shape index (κ1) is 19.9. The average molecular weight is 425 g/mol. The first-order valence-corrected chi connectivity index (χ1v) is 9.88. The number of rotatable bonds is 8. The molecule has 2 heterocycles. The highest BCUT2D eigenvalue weighted by atomic mass is 35.5. The van der Waals surface area contributed by atoms with E-state index in [0.29, 0.717) is 19.6 Å². The van der Waals surface area contributed by atoms with E-state index < -0.39 is 5.91 Å². The molecule has 0 unspecified atom stereocenters. The number of hydrogen-bond acceptors (Lipinski definition) is 6. The maximum Gasteiger partial charge on any atom is 0.277 e. The number of anilines is 1. The topological polar surface area (TPSA) is 111 Å². The quantitative estimate of drug-likeness (QED) is 0.375. The van der Waals surface area contributed by atoms with Gasteiger partial charge in [0, 0.05) is 48.3 Å². The number of para-hydroxylation sites is 1. The zero-order chi connectivity index (χ0) is 20.9. The van der Waals surface area contributed by atoms with E-state index >= 15 is 0 Å². The number of nitrogens with two attached hydrogens (primary N) is 1. The van der Waals surface area contributed by atoms with Crippen LogP contribution >= 0.6 is 11.6 Å². The van der Waals surface area contributed by atoms with Crippen LogP contribution in [0.5, 0.6) is 0 Å². The fraction of sp³-hybridized carbons (Fsp3) is 0.190. The third-order valence-electron chi connectivity index (χ3n) is 4.77. The van der Waals surface area contributed by atoms with Crippen molar-refractivity contribution in [1.29, 1.82) is 0 Å². The van der Waals surface area contributed by atoms with Crippen molar-refractivity contribution in [3.8, 4) is 0 Å². The SMILES string of the molecule is Nc1nonc1C(=O)NCCNCc1cn(Cc2ccc(Cl)cc2)c2ccccc12. The summed E-state index contributed by atoms with van der Waals surface area (Å²) in [5.41, 5.74) is 9.06. The normalized spacial score (nSPS) is 11.1. The van der Waals surface area contributed by atoms with Gasteiger partial charge < -0.3 is 20.9 Å². The highest BCUT2D eigenvalue weighted by Gasteiger charge is 2.15. The van der Waals surface area contributed by atoms with Crippen molar-refractivity contribution >= 4 is 34.2 Å². The largest absolute Gasteiger partial charge is 0.379 e. The van der Waals surface area contributed by atoms with E-state index in [9.17, 15) is 4.79 Å². The van der Waals surface area contributed by atoms with Crippen LogP contribution in [0.15, 0.2) is 59.4 Å². The summed E-state index contributed by atoms with van der Waals surface area (Å²) >= 11 is 5.99. The summed E-state index contributed by atoms with van der Waals surface area (Å²) in [6, 6.07) is 16.2. The molecular formula is C21H21ClN6O2. The van der Waals surface area contributed by atoms with Crippen LogP contribution in [0.4, 0.5) is 5.82 Å². The standard InChI is InChI=1S/C21H21ClN6O2/c22-16-7-5-14(6-8-16)12-28-13-15(17-3-1-2-4-18(17)28)11-24-9-10-25-21(29)19-20(23)27-30-26-19/h1-8,13,24H,9-12H2,(H2,23,27)(H,25,29). The van der Waals surface area contributed by atoms with Crippen LogP contribution in [0.25, 0.3) is 10.9 Å². The Labute approximate surface area is 178 Å². The summed E-state index contributed by atoms with van der Waals surface area (Å²) in [5, 5.41) is 14.9. The number of benzene rings is 2. The smallest absolute Gasteiger partial charge is 0.277 e. The Morgan fingerprint density at radius 3 is 2.67 bits per heavy atom. The molecule has 8 nitrogen and oxygen atoms in total. The molecule has 0 aliphatic carbocycles. The molecule has 4 N–H and O–H groups in total. The summed E-state index contributed by atoms with van der Waals surface area (Å²) in [6.45, 7) is 2.46. The molecule has 9 heteroatoms. The second-order valence-corrected chi connectivity index (χ2v) is 7.29. The predicted octanol–water partition coefficient (Wildman–Crippen LogP) is 2.83. The van der Waals surface area contributed by atoms with Crippen LogP contribution < -0.4 is 16.4 Å². The Morgan fingerprint density at radius 1 is 1.10 bits per heavy atom. The van der Waals surface area contributed by atoms with Crippen molar-refractivity contribution in [3.63, 3.8) is 0 Å². The molecule has 0 radical (unpaired) electrons. The van der Waals surface area contributed by atoms with E-state index in [2.05, 4.69) is 48.5 Å². The van der Waals surface area contributed by atoms with Gasteiger partial charge in [0.25, 0.3) is 5.91 Å². The maximum atomic E-state index is 11.9. The number of fused-ring (bicyclic) bond motifs is 1. The third-order valence-corrected chi connectivity index (χ3v) is 5.02. The summed E-state index contributed by atoms with van der Waals surface area (Å²) in [7, 11) is 0. The molecule has 0 spiro atoms. The minimum absolute atomic E-state index is 0.000250. The molecule has 0 fully saturated rings. The van der Waals surface area contributed by atoms with Gasteiger partial charge in [-0.25, -0.2) is 4.63 Å². The molecule has 0 atom stereocenters. The average Bonchev–Trinajstić information content (AvgIpc) is 3.33. The van der Waals surface area contributed by atoms with Crippen LogP contribution in [0, 0.1) is 0 Å². The van der Waals surface area contributed by atoms with Crippen LogP contribution in [-0.2, 0) is 13.1 Å². The Balaban J connectivity index is 1.36. The van der Waals surface area contributed by atoms with Gasteiger partial charge in [-0.15, -0.1) is 0 Å². The minimum Gasteiger partial charge on any atom is -0.379 e. The molecule has 0 saturated carbocycles. The molecule has 0 bridgehead atoms. The lowest BCUT2D eigenvalue weighted by Gasteiger charge is -2.06. The number of carbonyl (C=O) groups excluding carboxylic acids is 1. The summed E-state index contributed by atoms with van der Waals surface area (Å²) in [5.74, 6) is -0.427. The van der Waals surface area contributed by atoms with Crippen molar-refractivity contribution in [2.24, 2.45) is 0 Å². The number of nitrogens with zero attached hydrogens (tertiary/aromatic N) is 3. The molecule has 0 aliphatic heterocycles. The number of nitrogens with one attached hydrogen (secondary N) is 2. The van der Waals surface area contributed by atoms with E-state index in [4.69, 9.17) is 17.3 Å². The number of carbonyl (C=O) groups is 1. The highest BCUT2D eigenvalue weighted by molar-refractivity contribution is 6.30. The lowest BCUT2D eigenvalue weighted by Crippen LogP contribution is -2.32. The van der Waals surface area contributed by atoms with Gasteiger partial charge in [0.15, 0.2) is 0 Å². The molecule has 30 heavy (non-hydrogen) atoms. The Kier molecular flexibility index (Phi) is 5.97. The Hall–Kier alpha value is -3.36. The van der Waals surface area contributed by atoms with Crippen LogP contribution in [0.3, 0.4) is 0 Å². The number of aromatic nitrogens is 3. The number of hydrogen-bond donors (Lipinski definition) is 3. The molecule has 2 aromatic carbocycles. The van der Waals surface area contributed by atoms with E-state index in [1.54, 1.807) is 0 Å². The van der Waals surface area contributed by atoms with E-state index in [1.165, 1.54) is 22.0 Å². The van der Waals surface area contributed by atoms with Crippen molar-refractivity contribution < 1.29 is 9.42 Å². The van der Waals surface area contributed by atoms with Gasteiger partial charge >= 0.3 is 0 Å². The first-order valence-electron chi connectivity index (χ1n) is 9.50. The highest BCUT2D eigenvalue weighted by Crippen LogP contribution is 2.23. The maximum absolute atomic E-state index is 11.9. The Bertz CT molecular complexity index is 1150. The number of amides is 1. The summed E-state index contributed by atoms with van der Waals surface area (Å²) < 4.78 is 6.67. The predicted molar refractivity (Wildman–Crippen MR) is 115 cm³/mol. The van der Waals surface area contributed by atoms with Gasteiger partial charge in [0.2, 0.25) is 11.5 Å². The fourth-order valence-corrected chi connectivity index (χ4v) is 3.43. The molecule has 0 saturated heterocycles. The summed E-state index contributed by atoms with van der Waals surface area (Å²) in [4.78, 5) is 11.9. The molecule has 4 rings (SSSR count). The van der Waals surface area contributed by atoms with Gasteiger partial charge in [0.1, 0.15) is 0 Å². The minimum atomic E-state index is -0.407. The zero-order valence-corrected chi connectivity index (χ0v) is 16.9. The second kappa shape index (κ2) is 8.98. The van der Waals surface area contributed by atoms with Gasteiger partial charge in [-0.2, -0.15) is 0 Å². The molecule has 154 valence electrons. The molecule has 2 aromatic heterocycles. The van der Waals surface area contributed by atoms with Crippen molar-refractivity contribution in [3.05, 3.63) is 76.6 Å². The number of halogens is 1. The van der Waals surface area contributed by atoms with Crippen molar-refractivity contribution in [2.75, 3.05) is 18.8 Å². The molecule has 0 aliphatic rings. The van der Waals surface area contributed by atoms with Gasteiger partial charge in [-0.1, -0.05) is 41.9 Å². The lowest BCUT2D eigenvalue weighted by atomic mass is 10.2. The van der Waals surface area contributed by atoms with Crippen LogP contribution in [-0.4, -0.2) is 33.9 Å². The molecule has 1 amide bonds.